The van der Waals surface area contributed by atoms with Crippen molar-refractivity contribution in [3.05, 3.63) is 24.0 Å². The van der Waals surface area contributed by atoms with Gasteiger partial charge in [0.25, 0.3) is 0 Å². The summed E-state index contributed by atoms with van der Waals surface area (Å²) < 4.78 is 2.08. The molecule has 0 saturated heterocycles. The van der Waals surface area contributed by atoms with E-state index in [9.17, 15) is 0 Å². The van der Waals surface area contributed by atoms with E-state index in [1.807, 2.05) is 7.05 Å². The number of likely N-dealkylation sites (N-methyl/N-ethyl adjacent to an activating group) is 1. The van der Waals surface area contributed by atoms with Gasteiger partial charge in [-0.3, -0.25) is 0 Å². The van der Waals surface area contributed by atoms with Crippen LogP contribution in [-0.2, 0) is 13.6 Å². The minimum Gasteiger partial charge on any atom is -0.357 e. The summed E-state index contributed by atoms with van der Waals surface area (Å²) in [7, 11) is 6.24. The van der Waals surface area contributed by atoms with Crippen LogP contribution in [0.1, 0.15) is 12.5 Å². The van der Waals surface area contributed by atoms with Gasteiger partial charge in [-0.25, -0.2) is 0 Å². The molecule has 3 heteroatoms. The van der Waals surface area contributed by atoms with Gasteiger partial charge in [0.15, 0.2) is 0 Å². The van der Waals surface area contributed by atoms with Gasteiger partial charge in [-0.15, -0.1) is 0 Å². The number of nitrogens with zero attached hydrogens (tertiary/aromatic N) is 2. The van der Waals surface area contributed by atoms with E-state index in [2.05, 4.69) is 54.3 Å². The monoisotopic (exact) mass is 195 g/mol. The lowest BCUT2D eigenvalue weighted by atomic mass is 10.3. The van der Waals surface area contributed by atoms with Gasteiger partial charge in [-0.1, -0.05) is 0 Å². The maximum Gasteiger partial charge on any atom is 0.0223 e. The Morgan fingerprint density at radius 1 is 1.50 bits per heavy atom. The van der Waals surface area contributed by atoms with E-state index in [-0.39, 0.29) is 0 Å². The summed E-state index contributed by atoms with van der Waals surface area (Å²) in [4.78, 5) is 2.20. The zero-order valence-corrected chi connectivity index (χ0v) is 9.62. The van der Waals surface area contributed by atoms with E-state index in [4.69, 9.17) is 0 Å². The highest BCUT2D eigenvalue weighted by Crippen LogP contribution is 1.99. The fraction of sp³-hybridized carbons (Fsp3) is 0.636. The quantitative estimate of drug-likeness (QED) is 0.758. The lowest BCUT2D eigenvalue weighted by molar-refractivity contribution is 0.349. The summed E-state index contributed by atoms with van der Waals surface area (Å²) in [5, 5.41) is 3.49. The van der Waals surface area contributed by atoms with Crippen LogP contribution in [-0.4, -0.2) is 36.1 Å². The van der Waals surface area contributed by atoms with Gasteiger partial charge in [-0.2, -0.15) is 0 Å². The van der Waals surface area contributed by atoms with Crippen molar-refractivity contribution in [2.24, 2.45) is 7.05 Å². The molecule has 1 heterocycles. The van der Waals surface area contributed by atoms with Crippen LogP contribution in [0.25, 0.3) is 0 Å². The van der Waals surface area contributed by atoms with Crippen LogP contribution in [0.3, 0.4) is 0 Å². The Hall–Kier alpha value is -0.800. The topological polar surface area (TPSA) is 20.2 Å². The number of hydrogen-bond donors (Lipinski definition) is 1. The second kappa shape index (κ2) is 5.17. The third-order valence-corrected chi connectivity index (χ3v) is 2.19. The fourth-order valence-corrected chi connectivity index (χ4v) is 1.57. The summed E-state index contributed by atoms with van der Waals surface area (Å²) in [5.41, 5.74) is 1.35. The van der Waals surface area contributed by atoms with Gasteiger partial charge >= 0.3 is 0 Å². The normalized spacial score (nSPS) is 13.5. The highest BCUT2D eigenvalue weighted by molar-refractivity contribution is 5.09. The van der Waals surface area contributed by atoms with Crippen molar-refractivity contribution in [3.63, 3.8) is 0 Å². The first kappa shape index (κ1) is 11.3. The first-order valence-electron chi connectivity index (χ1n) is 5.07. The zero-order chi connectivity index (χ0) is 10.6. The molecule has 14 heavy (non-hydrogen) atoms. The minimum absolute atomic E-state index is 0.533. The van der Waals surface area contributed by atoms with Crippen molar-refractivity contribution < 1.29 is 0 Å². The standard InChI is InChI=1S/C11H21N3/c1-10(8-13(2)3)12-7-11-5-6-14(4)9-11/h5-6,9-10,12H,7-8H2,1-4H3. The van der Waals surface area contributed by atoms with Crippen LogP contribution in [0.15, 0.2) is 18.5 Å². The first-order valence-corrected chi connectivity index (χ1v) is 5.07. The predicted octanol–water partition coefficient (Wildman–Crippen LogP) is 1.06. The van der Waals surface area contributed by atoms with Gasteiger partial charge in [0.05, 0.1) is 0 Å². The third kappa shape index (κ3) is 3.94. The van der Waals surface area contributed by atoms with E-state index < -0.39 is 0 Å². The Morgan fingerprint density at radius 2 is 2.21 bits per heavy atom. The molecule has 80 valence electrons. The second-order valence-corrected chi connectivity index (χ2v) is 4.23. The molecule has 0 aliphatic carbocycles. The number of nitrogens with one attached hydrogen (secondary N) is 1. The molecule has 0 bridgehead atoms. The Kier molecular flexibility index (Phi) is 4.17. The fourth-order valence-electron chi connectivity index (χ4n) is 1.57. The van der Waals surface area contributed by atoms with Crippen molar-refractivity contribution in [3.8, 4) is 0 Å². The Morgan fingerprint density at radius 3 is 2.71 bits per heavy atom. The molecule has 3 nitrogen and oxygen atoms in total. The average Bonchev–Trinajstić information content (AvgIpc) is 2.47. The molecule has 1 aromatic rings. The second-order valence-electron chi connectivity index (χ2n) is 4.23. The molecule has 1 aromatic heterocycles. The largest absolute Gasteiger partial charge is 0.357 e. The van der Waals surface area contributed by atoms with E-state index in [1.165, 1.54) is 5.56 Å². The van der Waals surface area contributed by atoms with Gasteiger partial charge in [0, 0.05) is 38.6 Å². The van der Waals surface area contributed by atoms with Gasteiger partial charge in [-0.05, 0) is 32.6 Å². The number of rotatable bonds is 5. The third-order valence-electron chi connectivity index (χ3n) is 2.19. The van der Waals surface area contributed by atoms with E-state index >= 15 is 0 Å². The Labute approximate surface area is 86.7 Å². The van der Waals surface area contributed by atoms with Crippen LogP contribution in [0.4, 0.5) is 0 Å². The van der Waals surface area contributed by atoms with E-state index in [0.29, 0.717) is 6.04 Å². The van der Waals surface area contributed by atoms with Crippen LogP contribution in [0.5, 0.6) is 0 Å². The minimum atomic E-state index is 0.533. The summed E-state index contributed by atoms with van der Waals surface area (Å²) in [5.74, 6) is 0. The molecule has 1 atom stereocenters. The maximum absolute atomic E-state index is 3.49. The lowest BCUT2D eigenvalue weighted by Crippen LogP contribution is -2.35. The molecule has 0 aliphatic rings. The zero-order valence-electron chi connectivity index (χ0n) is 9.62. The highest BCUT2D eigenvalue weighted by Gasteiger charge is 2.02. The van der Waals surface area contributed by atoms with Crippen molar-refractivity contribution in [2.45, 2.75) is 19.5 Å². The summed E-state index contributed by atoms with van der Waals surface area (Å²) in [6, 6.07) is 2.68. The van der Waals surface area contributed by atoms with Crippen LogP contribution < -0.4 is 5.32 Å². The van der Waals surface area contributed by atoms with E-state index in [1.54, 1.807) is 0 Å². The molecule has 1 unspecified atom stereocenters. The molecular formula is C11H21N3. The molecule has 1 rings (SSSR count). The number of hydrogen-bond acceptors (Lipinski definition) is 2. The van der Waals surface area contributed by atoms with Crippen molar-refractivity contribution in [1.82, 2.24) is 14.8 Å². The molecular weight excluding hydrogens is 174 g/mol. The molecule has 0 spiro atoms. The maximum atomic E-state index is 3.49. The van der Waals surface area contributed by atoms with E-state index in [0.717, 1.165) is 13.1 Å². The molecule has 0 saturated carbocycles. The van der Waals surface area contributed by atoms with Crippen LogP contribution in [0, 0.1) is 0 Å². The summed E-state index contributed by atoms with van der Waals surface area (Å²) in [6.07, 6.45) is 4.23. The van der Waals surface area contributed by atoms with Crippen molar-refractivity contribution >= 4 is 0 Å². The Balaban J connectivity index is 2.26. The van der Waals surface area contributed by atoms with Gasteiger partial charge < -0.3 is 14.8 Å². The highest BCUT2D eigenvalue weighted by atomic mass is 15.1. The van der Waals surface area contributed by atoms with Crippen LogP contribution >= 0.6 is 0 Å². The van der Waals surface area contributed by atoms with Gasteiger partial charge in [0.2, 0.25) is 0 Å². The molecule has 0 aliphatic heterocycles. The SMILES string of the molecule is CC(CN(C)C)NCc1ccn(C)c1. The first-order chi connectivity index (χ1) is 6.58. The van der Waals surface area contributed by atoms with Crippen LogP contribution in [0.2, 0.25) is 0 Å². The summed E-state index contributed by atoms with van der Waals surface area (Å²) >= 11 is 0. The summed E-state index contributed by atoms with van der Waals surface area (Å²) in [6.45, 7) is 4.24. The molecule has 0 amide bonds. The molecule has 0 aromatic carbocycles. The molecule has 0 fully saturated rings. The van der Waals surface area contributed by atoms with Gasteiger partial charge in [0.1, 0.15) is 0 Å². The molecule has 0 radical (unpaired) electrons. The lowest BCUT2D eigenvalue weighted by Gasteiger charge is -2.17. The molecule has 1 N–H and O–H groups in total. The number of aryl methyl sites for hydroxylation is 1. The van der Waals surface area contributed by atoms with Crippen molar-refractivity contribution in [1.29, 1.82) is 0 Å². The average molecular weight is 195 g/mol. The van der Waals surface area contributed by atoms with Crippen molar-refractivity contribution in [2.75, 3.05) is 20.6 Å². The predicted molar refractivity (Wildman–Crippen MR) is 60.3 cm³/mol. The number of aromatic nitrogens is 1. The Bertz CT molecular complexity index is 265. The smallest absolute Gasteiger partial charge is 0.0223 e.